The summed E-state index contributed by atoms with van der Waals surface area (Å²) >= 11 is 1.61. The molecule has 0 unspecified atom stereocenters. The van der Waals surface area contributed by atoms with Gasteiger partial charge in [-0.05, 0) is 102 Å². The molecule has 2 heterocycles. The third-order valence-corrected chi connectivity index (χ3v) is 9.17. The van der Waals surface area contributed by atoms with Crippen LogP contribution in [0, 0.1) is 43.4 Å². The molecular formula is C35H28N4S. The molecule has 4 nitrogen and oxygen atoms in total. The Balaban J connectivity index is 1.53. The number of rotatable bonds is 4. The van der Waals surface area contributed by atoms with E-state index in [1.165, 1.54) is 33.0 Å². The van der Waals surface area contributed by atoms with E-state index in [2.05, 4.69) is 112 Å². The third-order valence-electron chi connectivity index (χ3n) is 8.06. The van der Waals surface area contributed by atoms with Gasteiger partial charge in [-0.3, -0.25) is 4.90 Å². The number of hydrogen-bond donors (Lipinski definition) is 0. The normalized spacial score (nSPS) is 12.8. The Labute approximate surface area is 239 Å². The molecule has 0 fully saturated rings. The van der Waals surface area contributed by atoms with E-state index in [1.54, 1.807) is 17.4 Å². The van der Waals surface area contributed by atoms with Crippen molar-refractivity contribution in [3.63, 3.8) is 0 Å². The van der Waals surface area contributed by atoms with Gasteiger partial charge in [0, 0.05) is 32.1 Å². The van der Waals surface area contributed by atoms with E-state index in [-0.39, 0.29) is 11.0 Å². The summed E-state index contributed by atoms with van der Waals surface area (Å²) in [5, 5.41) is 20.8. The largest absolute Gasteiger partial charge is 0.295 e. The van der Waals surface area contributed by atoms with Crippen molar-refractivity contribution in [2.45, 2.75) is 40.0 Å². The van der Waals surface area contributed by atoms with Crippen LogP contribution in [-0.4, -0.2) is 4.98 Å². The zero-order valence-electron chi connectivity index (χ0n) is 23.2. The van der Waals surface area contributed by atoms with Gasteiger partial charge in [0.05, 0.1) is 5.69 Å². The maximum absolute atomic E-state index is 9.22. The number of nitriles is 2. The highest BCUT2D eigenvalue weighted by molar-refractivity contribution is 7.16. The smallest absolute Gasteiger partial charge is 0.137 e. The Hall–Kier alpha value is -4.71. The van der Waals surface area contributed by atoms with Crippen molar-refractivity contribution in [1.82, 2.24) is 4.98 Å². The van der Waals surface area contributed by atoms with Gasteiger partial charge in [-0.15, -0.1) is 11.3 Å². The SMILES string of the molecule is Cc1cc(N(c2ccc3ccccc3c2)c2ccc3c(n2)C(C)(C)c2cc(C=C(C#N)C#N)sc2-3)cc(C)c1C. The molecule has 194 valence electrons. The minimum absolute atomic E-state index is 0.112. The average Bonchev–Trinajstić information content (AvgIpc) is 3.46. The fraction of sp³-hybridized carbons (Fsp3) is 0.171. The molecule has 3 aromatic carbocycles. The van der Waals surface area contributed by atoms with E-state index in [4.69, 9.17) is 4.98 Å². The molecule has 0 spiro atoms. The summed E-state index contributed by atoms with van der Waals surface area (Å²) in [5.41, 5.74) is 9.06. The van der Waals surface area contributed by atoms with E-state index in [0.29, 0.717) is 0 Å². The molecule has 0 saturated heterocycles. The molecule has 0 bridgehead atoms. The Bertz CT molecular complexity index is 1910. The van der Waals surface area contributed by atoms with Crippen LogP contribution in [0.15, 0.2) is 78.4 Å². The monoisotopic (exact) mass is 536 g/mol. The van der Waals surface area contributed by atoms with Gasteiger partial charge < -0.3 is 0 Å². The summed E-state index contributed by atoms with van der Waals surface area (Å²) in [5.74, 6) is 0.872. The number of nitrogens with zero attached hydrogens (tertiary/aromatic N) is 4. The van der Waals surface area contributed by atoms with Crippen molar-refractivity contribution in [1.29, 1.82) is 10.5 Å². The first kappa shape index (κ1) is 25.6. The molecule has 0 radical (unpaired) electrons. The topological polar surface area (TPSA) is 63.7 Å². The summed E-state index contributed by atoms with van der Waals surface area (Å²) in [6.45, 7) is 10.9. The molecule has 1 aliphatic carbocycles. The summed E-state index contributed by atoms with van der Waals surface area (Å²) in [4.78, 5) is 9.67. The number of pyridine rings is 1. The van der Waals surface area contributed by atoms with Crippen LogP contribution in [0.1, 0.15) is 46.7 Å². The Morgan fingerprint density at radius 1 is 0.850 bits per heavy atom. The van der Waals surface area contributed by atoms with Crippen molar-refractivity contribution in [2.24, 2.45) is 0 Å². The lowest BCUT2D eigenvalue weighted by molar-refractivity contribution is 0.638. The van der Waals surface area contributed by atoms with Crippen LogP contribution in [0.3, 0.4) is 0 Å². The second kappa shape index (κ2) is 9.49. The lowest BCUT2D eigenvalue weighted by atomic mass is 9.86. The predicted octanol–water partition coefficient (Wildman–Crippen LogP) is 9.43. The maximum Gasteiger partial charge on any atom is 0.137 e. The molecule has 5 aromatic rings. The number of allylic oxidation sites excluding steroid dienone is 1. The van der Waals surface area contributed by atoms with Crippen LogP contribution in [0.25, 0.3) is 27.3 Å². The van der Waals surface area contributed by atoms with E-state index in [0.717, 1.165) is 38.2 Å². The quantitative estimate of drug-likeness (QED) is 0.215. The standard InChI is InChI=1S/C35H28N4S/c1-21-14-28(15-22(2)23(21)3)39(27-11-10-25-8-6-7-9-26(25)17-27)32-13-12-30-33-31(35(4,5)34(30)38-32)18-29(40-33)16-24(19-36)20-37/h6-18H,1-5H3. The first-order valence-electron chi connectivity index (χ1n) is 13.3. The molecular weight excluding hydrogens is 508 g/mol. The van der Waals surface area contributed by atoms with Crippen molar-refractivity contribution < 1.29 is 0 Å². The summed E-state index contributed by atoms with van der Waals surface area (Å²) in [7, 11) is 0. The second-order valence-electron chi connectivity index (χ2n) is 10.9. The van der Waals surface area contributed by atoms with Crippen LogP contribution in [0.2, 0.25) is 0 Å². The number of aromatic nitrogens is 1. The molecule has 0 amide bonds. The van der Waals surface area contributed by atoms with Crippen molar-refractivity contribution in [2.75, 3.05) is 4.90 Å². The molecule has 40 heavy (non-hydrogen) atoms. The molecule has 5 heteroatoms. The molecule has 0 atom stereocenters. The fourth-order valence-electron chi connectivity index (χ4n) is 5.61. The van der Waals surface area contributed by atoms with E-state index in [9.17, 15) is 10.5 Å². The first-order chi connectivity index (χ1) is 19.2. The molecule has 1 aliphatic rings. The molecule has 2 aromatic heterocycles. The number of benzene rings is 3. The van der Waals surface area contributed by atoms with Gasteiger partial charge in [0.25, 0.3) is 0 Å². The Morgan fingerprint density at radius 2 is 1.55 bits per heavy atom. The van der Waals surface area contributed by atoms with Gasteiger partial charge in [0.1, 0.15) is 23.5 Å². The zero-order chi connectivity index (χ0) is 28.2. The fourth-order valence-corrected chi connectivity index (χ4v) is 6.90. The summed E-state index contributed by atoms with van der Waals surface area (Å²) in [6, 6.07) is 29.8. The van der Waals surface area contributed by atoms with Crippen LogP contribution < -0.4 is 4.90 Å². The number of hydrogen-bond acceptors (Lipinski definition) is 5. The maximum atomic E-state index is 9.22. The van der Waals surface area contributed by atoms with Gasteiger partial charge in [0.15, 0.2) is 0 Å². The first-order valence-corrected chi connectivity index (χ1v) is 14.1. The molecule has 0 saturated carbocycles. The van der Waals surface area contributed by atoms with E-state index >= 15 is 0 Å². The predicted molar refractivity (Wildman–Crippen MR) is 165 cm³/mol. The number of thiophene rings is 1. The lowest BCUT2D eigenvalue weighted by Gasteiger charge is -2.28. The highest BCUT2D eigenvalue weighted by Crippen LogP contribution is 2.53. The van der Waals surface area contributed by atoms with Crippen molar-refractivity contribution >= 4 is 45.4 Å². The van der Waals surface area contributed by atoms with Crippen LogP contribution in [0.5, 0.6) is 0 Å². The second-order valence-corrected chi connectivity index (χ2v) is 12.0. The van der Waals surface area contributed by atoms with E-state index in [1.807, 2.05) is 12.1 Å². The molecule has 0 aliphatic heterocycles. The highest BCUT2D eigenvalue weighted by atomic mass is 32.1. The number of fused-ring (bicyclic) bond motifs is 4. The Kier molecular flexibility index (Phi) is 6.06. The van der Waals surface area contributed by atoms with Crippen molar-refractivity contribution in [3.8, 4) is 22.6 Å². The van der Waals surface area contributed by atoms with Crippen LogP contribution in [0.4, 0.5) is 17.2 Å². The highest BCUT2D eigenvalue weighted by Gasteiger charge is 2.39. The summed E-state index contributed by atoms with van der Waals surface area (Å²) in [6.07, 6.45) is 1.67. The third kappa shape index (κ3) is 4.08. The zero-order valence-corrected chi connectivity index (χ0v) is 24.0. The van der Waals surface area contributed by atoms with Gasteiger partial charge in [0.2, 0.25) is 0 Å². The van der Waals surface area contributed by atoms with Crippen molar-refractivity contribution in [3.05, 3.63) is 111 Å². The molecule has 0 N–H and O–H groups in total. The van der Waals surface area contributed by atoms with Gasteiger partial charge in [-0.25, -0.2) is 4.98 Å². The van der Waals surface area contributed by atoms with Gasteiger partial charge in [-0.1, -0.05) is 44.2 Å². The lowest BCUT2D eigenvalue weighted by Crippen LogP contribution is -2.19. The van der Waals surface area contributed by atoms with Gasteiger partial charge in [-0.2, -0.15) is 10.5 Å². The van der Waals surface area contributed by atoms with Gasteiger partial charge >= 0.3 is 0 Å². The minimum Gasteiger partial charge on any atom is -0.295 e. The average molecular weight is 537 g/mol. The number of aryl methyl sites for hydroxylation is 2. The molecule has 6 rings (SSSR count). The number of anilines is 3. The van der Waals surface area contributed by atoms with Crippen LogP contribution in [-0.2, 0) is 5.41 Å². The Morgan fingerprint density at radius 3 is 2.25 bits per heavy atom. The van der Waals surface area contributed by atoms with Crippen LogP contribution >= 0.6 is 11.3 Å². The minimum atomic E-state index is -0.323. The van der Waals surface area contributed by atoms with E-state index < -0.39 is 0 Å². The summed E-state index contributed by atoms with van der Waals surface area (Å²) < 4.78 is 0.